The molecule has 1 aromatic heterocycles. The first-order valence-electron chi connectivity index (χ1n) is 4.10. The van der Waals surface area contributed by atoms with Crippen LogP contribution in [-0.2, 0) is 11.2 Å². The summed E-state index contributed by atoms with van der Waals surface area (Å²) >= 11 is 1.49. The van der Waals surface area contributed by atoms with Gasteiger partial charge in [0.2, 0.25) is 0 Å². The third-order valence-corrected chi connectivity index (χ3v) is 2.94. The molecule has 0 unspecified atom stereocenters. The predicted octanol–water partition coefficient (Wildman–Crippen LogP) is 2.35. The van der Waals surface area contributed by atoms with Crippen LogP contribution in [0.4, 0.5) is 0 Å². The molecule has 0 aliphatic heterocycles. The van der Waals surface area contributed by atoms with Gasteiger partial charge in [-0.1, -0.05) is 12.1 Å². The Morgan fingerprint density at radius 2 is 2.38 bits per heavy atom. The van der Waals surface area contributed by atoms with Crippen LogP contribution in [-0.4, -0.2) is 10.7 Å². The standard InChI is InChI=1S/C10H9NOS/c1-7-9-3-2-8(4-5-12)6-10(9)13-11-7/h2-3,5-6H,4H2,1H3. The van der Waals surface area contributed by atoms with Gasteiger partial charge in [0.05, 0.1) is 10.4 Å². The number of nitrogens with zero attached hydrogens (tertiary/aromatic N) is 1. The predicted molar refractivity (Wildman–Crippen MR) is 54.1 cm³/mol. The maximum absolute atomic E-state index is 10.3. The molecule has 66 valence electrons. The first kappa shape index (κ1) is 8.38. The molecule has 0 amide bonds. The molecule has 0 fully saturated rings. The molecule has 0 spiro atoms. The third kappa shape index (κ3) is 1.47. The highest BCUT2D eigenvalue weighted by Crippen LogP contribution is 2.23. The fourth-order valence-electron chi connectivity index (χ4n) is 1.33. The molecule has 1 heterocycles. The summed E-state index contributed by atoms with van der Waals surface area (Å²) in [5.41, 5.74) is 2.13. The Kier molecular flexibility index (Phi) is 2.10. The monoisotopic (exact) mass is 191 g/mol. The Labute approximate surface area is 80.4 Å². The molecule has 0 aliphatic rings. The van der Waals surface area contributed by atoms with Gasteiger partial charge in [-0.2, -0.15) is 4.37 Å². The second kappa shape index (κ2) is 3.26. The van der Waals surface area contributed by atoms with Gasteiger partial charge in [0.25, 0.3) is 0 Å². The van der Waals surface area contributed by atoms with Crippen molar-refractivity contribution in [3.8, 4) is 0 Å². The summed E-state index contributed by atoms with van der Waals surface area (Å²) in [7, 11) is 0. The second-order valence-corrected chi connectivity index (χ2v) is 3.77. The Morgan fingerprint density at radius 1 is 1.54 bits per heavy atom. The minimum absolute atomic E-state index is 0.493. The molecule has 0 radical (unpaired) electrons. The van der Waals surface area contributed by atoms with Crippen molar-refractivity contribution in [3.63, 3.8) is 0 Å². The van der Waals surface area contributed by atoms with Crippen LogP contribution in [0.15, 0.2) is 18.2 Å². The molecule has 2 aromatic rings. The van der Waals surface area contributed by atoms with E-state index in [9.17, 15) is 4.79 Å². The molecule has 0 saturated heterocycles. The molecule has 0 N–H and O–H groups in total. The zero-order valence-electron chi connectivity index (χ0n) is 7.28. The molecular weight excluding hydrogens is 182 g/mol. The maximum Gasteiger partial charge on any atom is 0.124 e. The number of hydrogen-bond acceptors (Lipinski definition) is 3. The summed E-state index contributed by atoms with van der Waals surface area (Å²) in [6, 6.07) is 6.06. The Morgan fingerprint density at radius 3 is 3.15 bits per heavy atom. The molecule has 2 nitrogen and oxygen atoms in total. The van der Waals surface area contributed by atoms with Crippen molar-refractivity contribution in [2.45, 2.75) is 13.3 Å². The highest BCUT2D eigenvalue weighted by atomic mass is 32.1. The van der Waals surface area contributed by atoms with Gasteiger partial charge < -0.3 is 4.79 Å². The minimum Gasteiger partial charge on any atom is -0.303 e. The van der Waals surface area contributed by atoms with Gasteiger partial charge in [-0.3, -0.25) is 0 Å². The number of fused-ring (bicyclic) bond motifs is 1. The van der Waals surface area contributed by atoms with Crippen molar-refractivity contribution in [2.24, 2.45) is 0 Å². The lowest BCUT2D eigenvalue weighted by Crippen LogP contribution is -1.83. The van der Waals surface area contributed by atoms with Crippen LogP contribution in [0.5, 0.6) is 0 Å². The van der Waals surface area contributed by atoms with Crippen LogP contribution in [0.25, 0.3) is 10.1 Å². The van der Waals surface area contributed by atoms with E-state index >= 15 is 0 Å². The topological polar surface area (TPSA) is 30.0 Å². The van der Waals surface area contributed by atoms with E-state index < -0.39 is 0 Å². The number of hydrogen-bond donors (Lipinski definition) is 0. The van der Waals surface area contributed by atoms with Crippen LogP contribution in [0.3, 0.4) is 0 Å². The first-order valence-corrected chi connectivity index (χ1v) is 4.87. The number of rotatable bonds is 2. The van der Waals surface area contributed by atoms with Crippen LogP contribution < -0.4 is 0 Å². The average molecular weight is 191 g/mol. The number of carbonyl (C=O) groups excluding carboxylic acids is 1. The third-order valence-electron chi connectivity index (χ3n) is 2.04. The second-order valence-electron chi connectivity index (χ2n) is 2.97. The molecule has 13 heavy (non-hydrogen) atoms. The van der Waals surface area contributed by atoms with Gasteiger partial charge in [-0.25, -0.2) is 0 Å². The minimum atomic E-state index is 0.493. The summed E-state index contributed by atoms with van der Waals surface area (Å²) in [5, 5.41) is 1.19. The Balaban J connectivity index is 2.56. The molecule has 0 saturated carbocycles. The SMILES string of the molecule is Cc1nsc2cc(CC=O)ccc12. The van der Waals surface area contributed by atoms with Gasteiger partial charge in [0.15, 0.2) is 0 Å². The van der Waals surface area contributed by atoms with Crippen LogP contribution in [0.1, 0.15) is 11.3 Å². The van der Waals surface area contributed by atoms with E-state index in [-0.39, 0.29) is 0 Å². The number of benzene rings is 1. The van der Waals surface area contributed by atoms with E-state index in [0.29, 0.717) is 6.42 Å². The summed E-state index contributed by atoms with van der Waals surface area (Å²) in [4.78, 5) is 10.3. The lowest BCUT2D eigenvalue weighted by molar-refractivity contribution is -0.107. The highest BCUT2D eigenvalue weighted by molar-refractivity contribution is 7.13. The summed E-state index contributed by atoms with van der Waals surface area (Å²) in [6.45, 7) is 2.00. The van der Waals surface area contributed by atoms with Crippen LogP contribution in [0.2, 0.25) is 0 Å². The zero-order valence-corrected chi connectivity index (χ0v) is 8.10. The van der Waals surface area contributed by atoms with E-state index in [4.69, 9.17) is 0 Å². The fourth-order valence-corrected chi connectivity index (χ4v) is 2.18. The molecule has 0 atom stereocenters. The van der Waals surface area contributed by atoms with Crippen LogP contribution in [0, 0.1) is 6.92 Å². The number of aryl methyl sites for hydroxylation is 1. The smallest absolute Gasteiger partial charge is 0.124 e. The van der Waals surface area contributed by atoms with E-state index in [1.165, 1.54) is 16.9 Å². The molecular formula is C10H9NOS. The summed E-state index contributed by atoms with van der Waals surface area (Å²) < 4.78 is 5.41. The molecule has 3 heteroatoms. The lowest BCUT2D eigenvalue weighted by Gasteiger charge is -1.94. The van der Waals surface area contributed by atoms with Gasteiger partial charge in [-0.05, 0) is 30.1 Å². The lowest BCUT2D eigenvalue weighted by atomic mass is 10.1. The number of aldehydes is 1. The number of carbonyl (C=O) groups is 1. The van der Waals surface area contributed by atoms with Crippen molar-refractivity contribution in [2.75, 3.05) is 0 Å². The van der Waals surface area contributed by atoms with E-state index in [0.717, 1.165) is 22.2 Å². The van der Waals surface area contributed by atoms with Gasteiger partial charge in [-0.15, -0.1) is 0 Å². The van der Waals surface area contributed by atoms with Crippen LogP contribution >= 0.6 is 11.5 Å². The Bertz CT molecular complexity index is 447. The van der Waals surface area contributed by atoms with Gasteiger partial charge >= 0.3 is 0 Å². The molecule has 1 aromatic carbocycles. The highest BCUT2D eigenvalue weighted by Gasteiger charge is 2.01. The van der Waals surface area contributed by atoms with Crippen molar-refractivity contribution in [1.29, 1.82) is 0 Å². The molecule has 0 aliphatic carbocycles. The summed E-state index contributed by atoms with van der Waals surface area (Å²) in [5.74, 6) is 0. The van der Waals surface area contributed by atoms with Crippen molar-refractivity contribution >= 4 is 27.9 Å². The molecule has 2 rings (SSSR count). The maximum atomic E-state index is 10.3. The Hall–Kier alpha value is -1.22. The largest absolute Gasteiger partial charge is 0.303 e. The van der Waals surface area contributed by atoms with Crippen molar-refractivity contribution in [3.05, 3.63) is 29.5 Å². The van der Waals surface area contributed by atoms with Gasteiger partial charge in [0, 0.05) is 11.8 Å². The quantitative estimate of drug-likeness (QED) is 0.682. The van der Waals surface area contributed by atoms with Gasteiger partial charge in [0.1, 0.15) is 6.29 Å². The normalized spacial score (nSPS) is 10.5. The van der Waals surface area contributed by atoms with Crippen molar-refractivity contribution in [1.82, 2.24) is 4.37 Å². The first-order chi connectivity index (χ1) is 6.31. The average Bonchev–Trinajstić information content (AvgIpc) is 2.48. The van der Waals surface area contributed by atoms with Crippen molar-refractivity contribution < 1.29 is 4.79 Å². The van der Waals surface area contributed by atoms with E-state index in [1.54, 1.807) is 0 Å². The summed E-state index contributed by atoms with van der Waals surface area (Å²) in [6.07, 6.45) is 1.42. The van der Waals surface area contributed by atoms with E-state index in [1.807, 2.05) is 25.1 Å². The fraction of sp³-hybridized carbons (Fsp3) is 0.200. The van der Waals surface area contributed by atoms with E-state index in [2.05, 4.69) is 4.37 Å². The molecule has 0 bridgehead atoms. The zero-order chi connectivity index (χ0) is 9.26. The number of aromatic nitrogens is 1.